The molecule has 0 aromatic heterocycles. The van der Waals surface area contributed by atoms with E-state index in [4.69, 9.17) is 11.6 Å². The molecule has 0 aliphatic carbocycles. The van der Waals surface area contributed by atoms with E-state index >= 15 is 0 Å². The van der Waals surface area contributed by atoms with E-state index in [2.05, 4.69) is 0 Å². The van der Waals surface area contributed by atoms with Gasteiger partial charge in [-0.1, -0.05) is 23.7 Å². The van der Waals surface area contributed by atoms with Gasteiger partial charge in [0, 0.05) is 5.02 Å². The lowest BCUT2D eigenvalue weighted by Gasteiger charge is -2.18. The highest BCUT2D eigenvalue weighted by Gasteiger charge is 2.17. The molecule has 0 saturated heterocycles. The van der Waals surface area contributed by atoms with Crippen molar-refractivity contribution in [1.29, 1.82) is 0 Å². The largest absolute Gasteiger partial charge is 0.384 e. The van der Waals surface area contributed by atoms with Crippen LogP contribution in [0.25, 0.3) is 0 Å². The van der Waals surface area contributed by atoms with Crippen molar-refractivity contribution in [2.24, 2.45) is 0 Å². The number of aliphatic hydroxyl groups is 1. The van der Waals surface area contributed by atoms with Gasteiger partial charge in [0.05, 0.1) is 0 Å². The summed E-state index contributed by atoms with van der Waals surface area (Å²) in [6.07, 6.45) is -0.767. The molecule has 0 saturated carbocycles. The number of aryl methyl sites for hydroxylation is 3. The molecule has 2 rings (SSSR count). The highest BCUT2D eigenvalue weighted by molar-refractivity contribution is 6.31. The predicted octanol–water partition coefficient (Wildman–Crippen LogP) is 4.49. The monoisotopic (exact) mass is 278 g/mol. The molecule has 1 nitrogen and oxygen atoms in total. The zero-order valence-electron chi connectivity index (χ0n) is 11.2. The van der Waals surface area contributed by atoms with Crippen molar-refractivity contribution in [3.63, 3.8) is 0 Å². The molecule has 0 aliphatic heterocycles. The maximum Gasteiger partial charge on any atom is 0.123 e. The van der Waals surface area contributed by atoms with Crippen molar-refractivity contribution in [3.05, 3.63) is 69.0 Å². The Labute approximate surface area is 117 Å². The second-order valence-electron chi connectivity index (χ2n) is 4.86. The fourth-order valence-electron chi connectivity index (χ4n) is 2.36. The van der Waals surface area contributed by atoms with Gasteiger partial charge in [0.1, 0.15) is 11.9 Å². The molecule has 0 bridgehead atoms. The van der Waals surface area contributed by atoms with Gasteiger partial charge in [-0.05, 0) is 66.8 Å². The average Bonchev–Trinajstić information content (AvgIpc) is 2.31. The Bertz CT molecular complexity index is 599. The molecular formula is C16H16ClFO. The molecule has 0 heterocycles. The lowest BCUT2D eigenvalue weighted by Crippen LogP contribution is -2.05. The summed E-state index contributed by atoms with van der Waals surface area (Å²) in [4.78, 5) is 0. The van der Waals surface area contributed by atoms with Crippen LogP contribution in [0.3, 0.4) is 0 Å². The van der Waals surface area contributed by atoms with E-state index in [-0.39, 0.29) is 5.82 Å². The smallest absolute Gasteiger partial charge is 0.123 e. The Morgan fingerprint density at radius 3 is 2.11 bits per heavy atom. The van der Waals surface area contributed by atoms with Gasteiger partial charge in [-0.2, -0.15) is 0 Å². The Morgan fingerprint density at radius 1 is 1.00 bits per heavy atom. The number of rotatable bonds is 2. The first kappa shape index (κ1) is 14.0. The minimum atomic E-state index is -0.767. The van der Waals surface area contributed by atoms with Crippen LogP contribution in [0.4, 0.5) is 4.39 Å². The van der Waals surface area contributed by atoms with E-state index in [1.165, 1.54) is 12.1 Å². The molecule has 100 valence electrons. The minimum Gasteiger partial charge on any atom is -0.384 e. The molecule has 1 unspecified atom stereocenters. The first-order chi connectivity index (χ1) is 8.90. The van der Waals surface area contributed by atoms with Crippen LogP contribution in [0, 0.1) is 26.6 Å². The molecule has 0 radical (unpaired) electrons. The van der Waals surface area contributed by atoms with E-state index in [0.29, 0.717) is 5.02 Å². The second kappa shape index (κ2) is 5.32. The topological polar surface area (TPSA) is 20.2 Å². The van der Waals surface area contributed by atoms with Crippen molar-refractivity contribution >= 4 is 11.6 Å². The number of halogens is 2. The quantitative estimate of drug-likeness (QED) is 0.858. The number of benzene rings is 2. The molecule has 0 spiro atoms. The molecule has 1 N–H and O–H groups in total. The van der Waals surface area contributed by atoms with E-state index in [1.54, 1.807) is 26.0 Å². The molecular weight excluding hydrogens is 263 g/mol. The fraction of sp³-hybridized carbons (Fsp3) is 0.250. The van der Waals surface area contributed by atoms with Gasteiger partial charge in [0.25, 0.3) is 0 Å². The summed E-state index contributed by atoms with van der Waals surface area (Å²) in [5, 5.41) is 11.2. The maximum atomic E-state index is 13.3. The molecule has 0 aliphatic rings. The van der Waals surface area contributed by atoms with E-state index in [0.717, 1.165) is 27.8 Å². The summed E-state index contributed by atoms with van der Waals surface area (Å²) in [7, 11) is 0. The number of aliphatic hydroxyl groups excluding tert-OH is 1. The molecule has 0 amide bonds. The van der Waals surface area contributed by atoms with Gasteiger partial charge < -0.3 is 5.11 Å². The van der Waals surface area contributed by atoms with Crippen LogP contribution < -0.4 is 0 Å². The lowest BCUT2D eigenvalue weighted by atomic mass is 9.92. The van der Waals surface area contributed by atoms with Gasteiger partial charge in [0.2, 0.25) is 0 Å². The van der Waals surface area contributed by atoms with Crippen LogP contribution in [0.1, 0.15) is 33.9 Å². The van der Waals surface area contributed by atoms with Crippen LogP contribution in [-0.4, -0.2) is 5.11 Å². The first-order valence-corrected chi connectivity index (χ1v) is 6.48. The third kappa shape index (κ3) is 2.80. The van der Waals surface area contributed by atoms with Crippen LogP contribution in [0.5, 0.6) is 0 Å². The normalized spacial score (nSPS) is 12.5. The van der Waals surface area contributed by atoms with Gasteiger partial charge in [-0.15, -0.1) is 0 Å². The minimum absolute atomic E-state index is 0.279. The average molecular weight is 279 g/mol. The summed E-state index contributed by atoms with van der Waals surface area (Å²) in [6, 6.07) is 8.30. The lowest BCUT2D eigenvalue weighted by molar-refractivity contribution is 0.218. The molecule has 19 heavy (non-hydrogen) atoms. The molecule has 2 aromatic carbocycles. The van der Waals surface area contributed by atoms with Crippen LogP contribution >= 0.6 is 11.6 Å². The third-order valence-corrected chi connectivity index (χ3v) is 3.75. The van der Waals surface area contributed by atoms with Crippen molar-refractivity contribution in [1.82, 2.24) is 0 Å². The number of hydrogen-bond donors (Lipinski definition) is 1. The predicted molar refractivity (Wildman–Crippen MR) is 76.1 cm³/mol. The highest BCUT2D eigenvalue weighted by atomic mass is 35.5. The van der Waals surface area contributed by atoms with Crippen LogP contribution in [0.2, 0.25) is 5.02 Å². The Kier molecular flexibility index (Phi) is 3.93. The Morgan fingerprint density at radius 2 is 1.58 bits per heavy atom. The SMILES string of the molecule is Cc1cc(C(O)c2c(C)cc(F)cc2C)ccc1Cl. The summed E-state index contributed by atoms with van der Waals surface area (Å²) >= 11 is 5.98. The first-order valence-electron chi connectivity index (χ1n) is 6.11. The third-order valence-electron chi connectivity index (χ3n) is 3.33. The highest BCUT2D eigenvalue weighted by Crippen LogP contribution is 2.30. The molecule has 2 aromatic rings. The summed E-state index contributed by atoms with van der Waals surface area (Å²) in [5.74, 6) is -0.279. The summed E-state index contributed by atoms with van der Waals surface area (Å²) < 4.78 is 13.3. The van der Waals surface area contributed by atoms with Gasteiger partial charge in [0.15, 0.2) is 0 Å². The van der Waals surface area contributed by atoms with E-state index in [9.17, 15) is 9.50 Å². The van der Waals surface area contributed by atoms with Gasteiger partial charge in [-0.3, -0.25) is 0 Å². The zero-order valence-corrected chi connectivity index (χ0v) is 11.9. The van der Waals surface area contributed by atoms with Crippen molar-refractivity contribution < 1.29 is 9.50 Å². The molecule has 1 atom stereocenters. The summed E-state index contributed by atoms with van der Waals surface area (Å²) in [6.45, 7) is 5.50. The fourth-order valence-corrected chi connectivity index (χ4v) is 2.48. The van der Waals surface area contributed by atoms with Gasteiger partial charge >= 0.3 is 0 Å². The van der Waals surface area contributed by atoms with E-state index < -0.39 is 6.10 Å². The zero-order chi connectivity index (χ0) is 14.2. The van der Waals surface area contributed by atoms with Gasteiger partial charge in [-0.25, -0.2) is 4.39 Å². The molecule has 3 heteroatoms. The maximum absolute atomic E-state index is 13.3. The standard InChI is InChI=1S/C16H16ClFO/c1-9-6-12(4-5-14(9)17)16(19)15-10(2)7-13(18)8-11(15)3/h4-8,16,19H,1-3H3. The van der Waals surface area contributed by atoms with Crippen molar-refractivity contribution in [3.8, 4) is 0 Å². The van der Waals surface area contributed by atoms with Crippen LogP contribution in [0.15, 0.2) is 30.3 Å². The summed E-state index contributed by atoms with van der Waals surface area (Å²) in [5.41, 5.74) is 3.92. The molecule has 0 fully saturated rings. The second-order valence-corrected chi connectivity index (χ2v) is 5.27. The Hall–Kier alpha value is -1.38. The van der Waals surface area contributed by atoms with Crippen LogP contribution in [-0.2, 0) is 0 Å². The van der Waals surface area contributed by atoms with E-state index in [1.807, 2.05) is 13.0 Å². The number of hydrogen-bond acceptors (Lipinski definition) is 1. The Balaban J connectivity index is 2.49. The van der Waals surface area contributed by atoms with Crippen molar-refractivity contribution in [2.75, 3.05) is 0 Å². The van der Waals surface area contributed by atoms with Crippen molar-refractivity contribution in [2.45, 2.75) is 26.9 Å².